The zero-order chi connectivity index (χ0) is 12.5. The van der Waals surface area contributed by atoms with Crippen molar-refractivity contribution in [1.29, 1.82) is 0 Å². The summed E-state index contributed by atoms with van der Waals surface area (Å²) in [5.74, 6) is 2.01. The highest BCUT2D eigenvalue weighted by Crippen LogP contribution is 2.25. The van der Waals surface area contributed by atoms with Gasteiger partial charge in [-0.2, -0.15) is 11.8 Å². The van der Waals surface area contributed by atoms with Crippen molar-refractivity contribution in [2.75, 3.05) is 29.2 Å². The molecule has 0 aliphatic carbocycles. The molecule has 1 aromatic rings. The second-order valence-corrected chi connectivity index (χ2v) is 7.43. The van der Waals surface area contributed by atoms with Gasteiger partial charge in [0.15, 0.2) is 9.84 Å². The Hall–Kier alpha value is -0.530. The maximum Gasteiger partial charge on any atom is 0.224 e. The Morgan fingerprint density at radius 1 is 1.59 bits per heavy atom. The largest absolute Gasteiger partial charge is 0.338 e. The van der Waals surface area contributed by atoms with E-state index in [1.54, 1.807) is 22.7 Å². The Morgan fingerprint density at radius 3 is 3.00 bits per heavy atom. The van der Waals surface area contributed by atoms with Gasteiger partial charge in [0.05, 0.1) is 0 Å². The fraction of sp³-hybridized carbons (Fsp3) is 0.556. The first kappa shape index (κ1) is 12.9. The summed E-state index contributed by atoms with van der Waals surface area (Å²) in [5, 5.41) is -0.403. The van der Waals surface area contributed by atoms with Gasteiger partial charge in [-0.3, -0.25) is 0 Å². The molecule has 0 saturated carbocycles. The van der Waals surface area contributed by atoms with Gasteiger partial charge in [0, 0.05) is 30.5 Å². The molecule has 1 saturated heterocycles. The van der Waals surface area contributed by atoms with E-state index in [4.69, 9.17) is 11.6 Å². The average molecular weight is 294 g/mol. The molecule has 1 aromatic heterocycles. The fourth-order valence-corrected chi connectivity index (χ4v) is 4.65. The molecule has 1 aliphatic heterocycles. The Labute approximate surface area is 110 Å². The molecule has 0 aromatic carbocycles. The van der Waals surface area contributed by atoms with Crippen LogP contribution < -0.4 is 4.90 Å². The second-order valence-electron chi connectivity index (χ2n) is 3.74. The molecule has 8 heteroatoms. The quantitative estimate of drug-likeness (QED) is 0.760. The van der Waals surface area contributed by atoms with Gasteiger partial charge in [0.25, 0.3) is 0 Å². The van der Waals surface area contributed by atoms with Crippen LogP contribution >= 0.6 is 23.4 Å². The van der Waals surface area contributed by atoms with Gasteiger partial charge in [0.2, 0.25) is 5.28 Å². The lowest BCUT2D eigenvalue weighted by molar-refractivity contribution is 0.583. The molecule has 0 spiro atoms. The van der Waals surface area contributed by atoms with Crippen molar-refractivity contribution in [1.82, 2.24) is 9.97 Å². The maximum atomic E-state index is 11.7. The molecule has 1 unspecified atom stereocenters. The summed E-state index contributed by atoms with van der Waals surface area (Å²) >= 11 is 7.36. The van der Waals surface area contributed by atoms with E-state index in [-0.39, 0.29) is 5.28 Å². The van der Waals surface area contributed by atoms with Crippen molar-refractivity contribution in [3.8, 4) is 0 Å². The fourth-order valence-electron chi connectivity index (χ4n) is 1.68. The van der Waals surface area contributed by atoms with Crippen LogP contribution in [-0.2, 0) is 9.84 Å². The molecule has 94 valence electrons. The zero-order valence-electron chi connectivity index (χ0n) is 9.21. The van der Waals surface area contributed by atoms with Gasteiger partial charge in [-0.15, -0.1) is 0 Å². The molecule has 0 bridgehead atoms. The Balaban J connectivity index is 2.34. The number of aromatic nitrogens is 2. The highest BCUT2D eigenvalue weighted by molar-refractivity contribution is 8.01. The van der Waals surface area contributed by atoms with Crippen molar-refractivity contribution < 1.29 is 8.42 Å². The van der Waals surface area contributed by atoms with E-state index in [1.807, 2.05) is 0 Å². The molecule has 1 fully saturated rings. The Kier molecular flexibility index (Phi) is 3.79. The summed E-state index contributed by atoms with van der Waals surface area (Å²) < 4.78 is 23.4. The molecule has 0 N–H and O–H groups in total. The molecule has 1 atom stereocenters. The van der Waals surface area contributed by atoms with Crippen LogP contribution in [0.15, 0.2) is 12.3 Å². The molecule has 5 nitrogen and oxygen atoms in total. The van der Waals surface area contributed by atoms with Crippen molar-refractivity contribution in [3.05, 3.63) is 17.5 Å². The number of halogens is 1. The first-order chi connectivity index (χ1) is 7.98. The summed E-state index contributed by atoms with van der Waals surface area (Å²) in [6.07, 6.45) is 2.78. The van der Waals surface area contributed by atoms with Crippen LogP contribution in [0.1, 0.15) is 0 Å². The summed E-state index contributed by atoms with van der Waals surface area (Å²) in [6, 6.07) is 1.68. The van der Waals surface area contributed by atoms with E-state index in [0.29, 0.717) is 18.1 Å². The number of thioether (sulfide) groups is 1. The molecular formula is C9H12ClN3O2S2. The van der Waals surface area contributed by atoms with Crippen molar-refractivity contribution >= 4 is 39.0 Å². The summed E-state index contributed by atoms with van der Waals surface area (Å²) in [4.78, 5) is 9.64. The van der Waals surface area contributed by atoms with Gasteiger partial charge in [-0.25, -0.2) is 18.4 Å². The molecule has 1 aliphatic rings. The van der Waals surface area contributed by atoms with Crippen LogP contribution in [-0.4, -0.2) is 48.1 Å². The lowest BCUT2D eigenvalue weighted by Crippen LogP contribution is -2.47. The van der Waals surface area contributed by atoms with E-state index in [9.17, 15) is 8.42 Å². The van der Waals surface area contributed by atoms with Gasteiger partial charge >= 0.3 is 0 Å². The minimum atomic E-state index is -3.13. The van der Waals surface area contributed by atoms with E-state index < -0.39 is 15.2 Å². The minimum absolute atomic E-state index is 0.132. The number of rotatable bonds is 2. The molecular weight excluding hydrogens is 282 g/mol. The van der Waals surface area contributed by atoms with Gasteiger partial charge in [-0.1, -0.05) is 0 Å². The van der Waals surface area contributed by atoms with Crippen LogP contribution in [0.5, 0.6) is 0 Å². The SMILES string of the molecule is CS(=O)(=O)C1CSCCN1c1ccnc(Cl)n1. The highest BCUT2D eigenvalue weighted by atomic mass is 35.5. The minimum Gasteiger partial charge on any atom is -0.338 e. The standard InChI is InChI=1S/C9H12ClN3O2S2/c1-17(14,15)8-6-16-5-4-13(8)7-2-3-11-9(10)12-7/h2-3,8H,4-6H2,1H3. The van der Waals surface area contributed by atoms with Gasteiger partial charge < -0.3 is 4.90 Å². The highest BCUT2D eigenvalue weighted by Gasteiger charge is 2.31. The van der Waals surface area contributed by atoms with Crippen LogP contribution in [0.3, 0.4) is 0 Å². The monoisotopic (exact) mass is 293 g/mol. The predicted octanol–water partition coefficient (Wildman–Crippen LogP) is 1.05. The lowest BCUT2D eigenvalue weighted by Gasteiger charge is -2.34. The average Bonchev–Trinajstić information content (AvgIpc) is 2.28. The summed E-state index contributed by atoms with van der Waals surface area (Å²) in [5.41, 5.74) is 0. The molecule has 2 heterocycles. The number of sulfone groups is 1. The molecule has 0 amide bonds. The van der Waals surface area contributed by atoms with Crippen LogP contribution in [0, 0.1) is 0 Å². The molecule has 0 radical (unpaired) electrons. The number of hydrogen-bond acceptors (Lipinski definition) is 6. The Bertz CT molecular complexity index is 509. The summed E-state index contributed by atoms with van der Waals surface area (Å²) in [7, 11) is -3.13. The molecule has 17 heavy (non-hydrogen) atoms. The number of hydrogen-bond donors (Lipinski definition) is 0. The van der Waals surface area contributed by atoms with E-state index in [0.717, 1.165) is 5.75 Å². The van der Waals surface area contributed by atoms with Crippen molar-refractivity contribution in [3.63, 3.8) is 0 Å². The van der Waals surface area contributed by atoms with Crippen molar-refractivity contribution in [2.24, 2.45) is 0 Å². The van der Waals surface area contributed by atoms with E-state index in [2.05, 4.69) is 9.97 Å². The predicted molar refractivity (Wildman–Crippen MR) is 70.3 cm³/mol. The third-order valence-electron chi connectivity index (χ3n) is 2.48. The maximum absolute atomic E-state index is 11.7. The normalized spacial score (nSPS) is 21.5. The number of nitrogens with zero attached hydrogens (tertiary/aromatic N) is 3. The van der Waals surface area contributed by atoms with Gasteiger partial charge in [0.1, 0.15) is 11.2 Å². The lowest BCUT2D eigenvalue weighted by atomic mass is 10.4. The zero-order valence-corrected chi connectivity index (χ0v) is 11.6. The first-order valence-corrected chi connectivity index (χ1v) is 8.49. The van der Waals surface area contributed by atoms with Gasteiger partial charge in [-0.05, 0) is 17.7 Å². The smallest absolute Gasteiger partial charge is 0.224 e. The summed E-state index contributed by atoms with van der Waals surface area (Å²) in [6.45, 7) is 0.649. The van der Waals surface area contributed by atoms with Crippen LogP contribution in [0.4, 0.5) is 5.82 Å². The first-order valence-electron chi connectivity index (χ1n) is 5.00. The Morgan fingerprint density at radius 2 is 2.35 bits per heavy atom. The molecule has 2 rings (SSSR count). The number of anilines is 1. The third-order valence-corrected chi connectivity index (χ3v) is 5.31. The van der Waals surface area contributed by atoms with E-state index in [1.165, 1.54) is 12.5 Å². The topological polar surface area (TPSA) is 63.2 Å². The second kappa shape index (κ2) is 4.99. The third kappa shape index (κ3) is 3.02. The van der Waals surface area contributed by atoms with E-state index >= 15 is 0 Å². The van der Waals surface area contributed by atoms with Crippen molar-refractivity contribution in [2.45, 2.75) is 5.37 Å². The van der Waals surface area contributed by atoms with Crippen LogP contribution in [0.2, 0.25) is 5.28 Å². The van der Waals surface area contributed by atoms with Crippen LogP contribution in [0.25, 0.3) is 0 Å².